The standard InChI is InChI=1S/C19H23N3O3/c1-15-5-6-16(25-15)18(23)22-10-11-24-14-19(13-22)7-9-21(12-19)17-4-2-3-8-20-17/h2-6,8H,7,9-14H2,1H3/t19-/m0/s1. The number of carbonyl (C=O) groups excluding carboxylic acids is 1. The van der Waals surface area contributed by atoms with Crippen LogP contribution in [0.1, 0.15) is 22.7 Å². The molecule has 0 radical (unpaired) electrons. The van der Waals surface area contributed by atoms with Gasteiger partial charge in [-0.1, -0.05) is 6.07 Å². The van der Waals surface area contributed by atoms with Crippen molar-refractivity contribution in [1.29, 1.82) is 0 Å². The molecule has 4 heterocycles. The van der Waals surface area contributed by atoms with Crippen LogP contribution in [-0.4, -0.2) is 55.2 Å². The Hall–Kier alpha value is -2.34. The Kier molecular flexibility index (Phi) is 4.21. The fraction of sp³-hybridized carbons (Fsp3) is 0.474. The summed E-state index contributed by atoms with van der Waals surface area (Å²) < 4.78 is 11.4. The van der Waals surface area contributed by atoms with Crippen molar-refractivity contribution >= 4 is 11.7 Å². The van der Waals surface area contributed by atoms with Gasteiger partial charge in [0.25, 0.3) is 5.91 Å². The molecule has 132 valence electrons. The lowest BCUT2D eigenvalue weighted by Gasteiger charge is -2.31. The number of aromatic nitrogens is 1. The van der Waals surface area contributed by atoms with Crippen LogP contribution in [0.4, 0.5) is 5.82 Å². The van der Waals surface area contributed by atoms with E-state index in [0.29, 0.717) is 32.1 Å². The highest BCUT2D eigenvalue weighted by Gasteiger charge is 2.43. The van der Waals surface area contributed by atoms with Crippen molar-refractivity contribution in [1.82, 2.24) is 9.88 Å². The molecule has 2 aromatic rings. The number of nitrogens with zero attached hydrogens (tertiary/aromatic N) is 3. The highest BCUT2D eigenvalue weighted by molar-refractivity contribution is 5.91. The first kappa shape index (κ1) is 16.1. The number of pyridine rings is 1. The Morgan fingerprint density at radius 2 is 2.12 bits per heavy atom. The van der Waals surface area contributed by atoms with Gasteiger partial charge < -0.3 is 19.0 Å². The van der Waals surface area contributed by atoms with Gasteiger partial charge in [-0.2, -0.15) is 0 Å². The number of furan rings is 1. The summed E-state index contributed by atoms with van der Waals surface area (Å²) >= 11 is 0. The van der Waals surface area contributed by atoms with Crippen molar-refractivity contribution in [3.05, 3.63) is 48.0 Å². The molecular weight excluding hydrogens is 318 g/mol. The Bertz CT molecular complexity index is 745. The summed E-state index contributed by atoms with van der Waals surface area (Å²) in [4.78, 5) is 21.4. The monoisotopic (exact) mass is 341 g/mol. The van der Waals surface area contributed by atoms with Crippen LogP contribution >= 0.6 is 0 Å². The van der Waals surface area contributed by atoms with Crippen LogP contribution in [0, 0.1) is 12.3 Å². The molecule has 6 heteroatoms. The zero-order chi connectivity index (χ0) is 17.3. The number of ether oxygens (including phenoxy) is 1. The number of carbonyl (C=O) groups is 1. The second-order valence-electron chi connectivity index (χ2n) is 7.05. The van der Waals surface area contributed by atoms with Gasteiger partial charge in [0.15, 0.2) is 5.76 Å². The molecule has 0 bridgehead atoms. The molecule has 1 atom stereocenters. The summed E-state index contributed by atoms with van der Waals surface area (Å²) in [5, 5.41) is 0. The molecule has 2 aliphatic rings. The molecule has 2 saturated heterocycles. The first-order valence-electron chi connectivity index (χ1n) is 8.75. The number of aryl methyl sites for hydroxylation is 1. The first-order valence-corrected chi connectivity index (χ1v) is 8.75. The zero-order valence-electron chi connectivity index (χ0n) is 14.5. The highest BCUT2D eigenvalue weighted by atomic mass is 16.5. The van der Waals surface area contributed by atoms with Gasteiger partial charge in [-0.05, 0) is 37.6 Å². The summed E-state index contributed by atoms with van der Waals surface area (Å²) in [6.07, 6.45) is 2.81. The van der Waals surface area contributed by atoms with Gasteiger partial charge in [0, 0.05) is 37.8 Å². The van der Waals surface area contributed by atoms with E-state index in [1.54, 1.807) is 6.07 Å². The Labute approximate surface area is 147 Å². The van der Waals surface area contributed by atoms with Gasteiger partial charge >= 0.3 is 0 Å². The molecule has 0 N–H and O–H groups in total. The van der Waals surface area contributed by atoms with E-state index in [9.17, 15) is 4.79 Å². The van der Waals surface area contributed by atoms with Crippen molar-refractivity contribution in [3.8, 4) is 0 Å². The van der Waals surface area contributed by atoms with E-state index in [1.807, 2.05) is 42.3 Å². The minimum absolute atomic E-state index is 0.0470. The van der Waals surface area contributed by atoms with Crippen molar-refractivity contribution in [2.45, 2.75) is 13.3 Å². The van der Waals surface area contributed by atoms with E-state index >= 15 is 0 Å². The van der Waals surface area contributed by atoms with Crippen molar-refractivity contribution in [3.63, 3.8) is 0 Å². The normalized spacial score (nSPS) is 23.9. The quantitative estimate of drug-likeness (QED) is 0.839. The average molecular weight is 341 g/mol. The predicted octanol–water partition coefficient (Wildman–Crippen LogP) is 2.35. The van der Waals surface area contributed by atoms with Crippen molar-refractivity contribution in [2.75, 3.05) is 44.3 Å². The fourth-order valence-corrected chi connectivity index (χ4v) is 3.79. The minimum Gasteiger partial charge on any atom is -0.456 e. The molecule has 1 amide bonds. The van der Waals surface area contributed by atoms with E-state index in [1.165, 1.54) is 0 Å². The van der Waals surface area contributed by atoms with Gasteiger partial charge in [-0.15, -0.1) is 0 Å². The molecule has 25 heavy (non-hydrogen) atoms. The topological polar surface area (TPSA) is 58.8 Å². The number of hydrogen-bond acceptors (Lipinski definition) is 5. The highest BCUT2D eigenvalue weighted by Crippen LogP contribution is 2.35. The van der Waals surface area contributed by atoms with Gasteiger partial charge in [0.1, 0.15) is 11.6 Å². The second-order valence-corrected chi connectivity index (χ2v) is 7.05. The molecule has 0 unspecified atom stereocenters. The molecule has 0 aromatic carbocycles. The molecule has 2 aliphatic heterocycles. The van der Waals surface area contributed by atoms with E-state index in [0.717, 1.165) is 31.1 Å². The second kappa shape index (κ2) is 6.52. The SMILES string of the molecule is Cc1ccc(C(=O)N2CCOC[C@]3(CCN(c4ccccn4)C3)C2)o1. The number of anilines is 1. The van der Waals surface area contributed by atoms with Crippen molar-refractivity contribution in [2.24, 2.45) is 5.41 Å². The maximum atomic E-state index is 12.8. The molecule has 2 aromatic heterocycles. The van der Waals surface area contributed by atoms with Crippen LogP contribution < -0.4 is 4.90 Å². The van der Waals surface area contributed by atoms with E-state index in [4.69, 9.17) is 9.15 Å². The summed E-state index contributed by atoms with van der Waals surface area (Å²) in [6, 6.07) is 9.55. The molecule has 2 fully saturated rings. The summed E-state index contributed by atoms with van der Waals surface area (Å²) in [5.41, 5.74) is -0.0503. The van der Waals surface area contributed by atoms with Crippen molar-refractivity contribution < 1.29 is 13.9 Å². The van der Waals surface area contributed by atoms with Crippen LogP contribution in [0.2, 0.25) is 0 Å². The fourth-order valence-electron chi connectivity index (χ4n) is 3.79. The van der Waals surface area contributed by atoms with Crippen LogP contribution in [-0.2, 0) is 4.74 Å². The third-order valence-electron chi connectivity index (χ3n) is 5.09. The number of rotatable bonds is 2. The summed E-state index contributed by atoms with van der Waals surface area (Å²) in [6.45, 7) is 6.17. The average Bonchev–Trinajstić information content (AvgIpc) is 3.18. The largest absolute Gasteiger partial charge is 0.456 e. The van der Waals surface area contributed by atoms with Gasteiger partial charge in [-0.3, -0.25) is 4.79 Å². The summed E-state index contributed by atoms with van der Waals surface area (Å²) in [5.74, 6) is 2.11. The molecular formula is C19H23N3O3. The lowest BCUT2D eigenvalue weighted by molar-refractivity contribution is 0.0662. The Morgan fingerprint density at radius 1 is 1.20 bits per heavy atom. The minimum atomic E-state index is -0.0503. The molecule has 6 nitrogen and oxygen atoms in total. The number of hydrogen-bond donors (Lipinski definition) is 0. The van der Waals surface area contributed by atoms with E-state index < -0.39 is 0 Å². The third-order valence-corrected chi connectivity index (χ3v) is 5.09. The predicted molar refractivity (Wildman–Crippen MR) is 93.7 cm³/mol. The maximum absolute atomic E-state index is 12.8. The lowest BCUT2D eigenvalue weighted by atomic mass is 9.87. The lowest BCUT2D eigenvalue weighted by Crippen LogP contribution is -2.43. The van der Waals surface area contributed by atoms with Crippen LogP contribution in [0.25, 0.3) is 0 Å². The molecule has 0 saturated carbocycles. The Morgan fingerprint density at radius 3 is 2.88 bits per heavy atom. The van der Waals surface area contributed by atoms with E-state index in [2.05, 4.69) is 9.88 Å². The zero-order valence-corrected chi connectivity index (χ0v) is 14.5. The van der Waals surface area contributed by atoms with Crippen LogP contribution in [0.15, 0.2) is 40.9 Å². The first-order chi connectivity index (χ1) is 12.2. The van der Waals surface area contributed by atoms with Crippen LogP contribution in [0.5, 0.6) is 0 Å². The summed E-state index contributed by atoms with van der Waals surface area (Å²) in [7, 11) is 0. The van der Waals surface area contributed by atoms with Gasteiger partial charge in [0.2, 0.25) is 0 Å². The van der Waals surface area contributed by atoms with Gasteiger partial charge in [-0.25, -0.2) is 4.98 Å². The molecule has 0 aliphatic carbocycles. The van der Waals surface area contributed by atoms with Crippen LogP contribution in [0.3, 0.4) is 0 Å². The Balaban J connectivity index is 1.51. The third kappa shape index (κ3) is 3.26. The van der Waals surface area contributed by atoms with Gasteiger partial charge in [0.05, 0.1) is 13.2 Å². The molecule has 1 spiro atoms. The molecule has 4 rings (SSSR count). The number of amides is 1. The van der Waals surface area contributed by atoms with E-state index in [-0.39, 0.29) is 11.3 Å². The maximum Gasteiger partial charge on any atom is 0.289 e. The smallest absolute Gasteiger partial charge is 0.289 e.